The van der Waals surface area contributed by atoms with Gasteiger partial charge < -0.3 is 14.3 Å². The van der Waals surface area contributed by atoms with Crippen molar-refractivity contribution >= 4 is 16.9 Å². The van der Waals surface area contributed by atoms with Crippen LogP contribution in [0.15, 0.2) is 35.0 Å². The van der Waals surface area contributed by atoms with Crippen molar-refractivity contribution in [1.29, 1.82) is 0 Å². The summed E-state index contributed by atoms with van der Waals surface area (Å²) in [6.07, 6.45) is 4.68. The van der Waals surface area contributed by atoms with Gasteiger partial charge in [0.2, 0.25) is 0 Å². The van der Waals surface area contributed by atoms with Gasteiger partial charge in [0.25, 0.3) is 5.91 Å². The molecule has 132 valence electrons. The Hall–Kier alpha value is -2.56. The van der Waals surface area contributed by atoms with Gasteiger partial charge in [-0.3, -0.25) is 4.79 Å². The number of para-hydroxylation sites is 1. The molecule has 1 aromatic carbocycles. The van der Waals surface area contributed by atoms with Crippen molar-refractivity contribution in [2.24, 2.45) is 0 Å². The van der Waals surface area contributed by atoms with Crippen molar-refractivity contribution in [2.75, 3.05) is 6.54 Å². The molecule has 5 heteroatoms. The first-order valence-corrected chi connectivity index (χ1v) is 8.88. The van der Waals surface area contributed by atoms with E-state index in [-0.39, 0.29) is 5.91 Å². The molecule has 1 N–H and O–H groups in total. The van der Waals surface area contributed by atoms with Gasteiger partial charge in [-0.25, -0.2) is 4.98 Å². The summed E-state index contributed by atoms with van der Waals surface area (Å²) in [5, 5.41) is 3.92. The Balaban J connectivity index is 1.75. The molecule has 0 aliphatic heterocycles. The molecular formula is C20H25N3O2. The number of nitrogens with zero attached hydrogens (tertiary/aromatic N) is 2. The van der Waals surface area contributed by atoms with Crippen LogP contribution in [0.5, 0.6) is 0 Å². The van der Waals surface area contributed by atoms with Crippen LogP contribution in [0.3, 0.4) is 0 Å². The summed E-state index contributed by atoms with van der Waals surface area (Å²) >= 11 is 0. The standard InChI is InChI=1S/C20H25N3O2/c1-4-5-9-18-19(16-8-6-7-10-17(16)25-18)20(24)21-11-12-23-13-22-14(2)15(23)3/h6-8,10,13H,4-5,9,11-12H2,1-3H3,(H,21,24). The number of aryl methyl sites for hydroxylation is 2. The smallest absolute Gasteiger partial charge is 0.255 e. The minimum atomic E-state index is -0.0643. The molecule has 0 saturated carbocycles. The van der Waals surface area contributed by atoms with Crippen LogP contribution in [0.1, 0.15) is 47.3 Å². The summed E-state index contributed by atoms with van der Waals surface area (Å²) < 4.78 is 7.99. The lowest BCUT2D eigenvalue weighted by Gasteiger charge is -2.08. The fourth-order valence-corrected chi connectivity index (χ4v) is 3.01. The summed E-state index contributed by atoms with van der Waals surface area (Å²) in [5.74, 6) is 0.723. The zero-order chi connectivity index (χ0) is 17.8. The van der Waals surface area contributed by atoms with Gasteiger partial charge in [-0.05, 0) is 26.3 Å². The van der Waals surface area contributed by atoms with Gasteiger partial charge in [-0.1, -0.05) is 31.5 Å². The van der Waals surface area contributed by atoms with Crippen LogP contribution in [0.25, 0.3) is 11.0 Å². The molecule has 0 atom stereocenters. The second kappa shape index (κ2) is 7.55. The predicted octanol–water partition coefficient (Wildman–Crippen LogP) is 4.02. The van der Waals surface area contributed by atoms with E-state index in [9.17, 15) is 4.79 Å². The lowest BCUT2D eigenvalue weighted by molar-refractivity contribution is 0.0951. The van der Waals surface area contributed by atoms with Crippen molar-refractivity contribution in [3.63, 3.8) is 0 Å². The van der Waals surface area contributed by atoms with Gasteiger partial charge >= 0.3 is 0 Å². The first-order chi connectivity index (χ1) is 12.1. The highest BCUT2D eigenvalue weighted by molar-refractivity contribution is 6.07. The van der Waals surface area contributed by atoms with Crippen molar-refractivity contribution in [3.8, 4) is 0 Å². The van der Waals surface area contributed by atoms with Gasteiger partial charge in [0.1, 0.15) is 11.3 Å². The number of nitrogens with one attached hydrogen (secondary N) is 1. The third kappa shape index (κ3) is 3.60. The number of carbonyl (C=O) groups is 1. The first kappa shape index (κ1) is 17.3. The molecule has 1 amide bonds. The monoisotopic (exact) mass is 339 g/mol. The van der Waals surface area contributed by atoms with E-state index < -0.39 is 0 Å². The van der Waals surface area contributed by atoms with Crippen LogP contribution in [-0.2, 0) is 13.0 Å². The van der Waals surface area contributed by atoms with Crippen LogP contribution in [-0.4, -0.2) is 22.0 Å². The number of unbranched alkanes of at least 4 members (excludes halogenated alkanes) is 1. The Morgan fingerprint density at radius 3 is 2.80 bits per heavy atom. The Kier molecular flexibility index (Phi) is 5.22. The van der Waals surface area contributed by atoms with E-state index in [0.29, 0.717) is 18.7 Å². The lowest BCUT2D eigenvalue weighted by Crippen LogP contribution is -2.28. The number of fused-ring (bicyclic) bond motifs is 1. The molecule has 0 fully saturated rings. The number of benzene rings is 1. The van der Waals surface area contributed by atoms with E-state index in [1.807, 2.05) is 44.4 Å². The molecule has 2 heterocycles. The van der Waals surface area contributed by atoms with Gasteiger partial charge in [-0.2, -0.15) is 0 Å². The van der Waals surface area contributed by atoms with E-state index in [4.69, 9.17) is 4.42 Å². The summed E-state index contributed by atoms with van der Waals surface area (Å²) in [7, 11) is 0. The summed E-state index contributed by atoms with van der Waals surface area (Å²) in [6, 6.07) is 7.74. The quantitative estimate of drug-likeness (QED) is 0.707. The van der Waals surface area contributed by atoms with E-state index in [1.54, 1.807) is 0 Å². The van der Waals surface area contributed by atoms with Crippen LogP contribution >= 0.6 is 0 Å². The van der Waals surface area contributed by atoms with Crippen molar-refractivity contribution in [3.05, 3.63) is 53.3 Å². The number of carbonyl (C=O) groups excluding carboxylic acids is 1. The van der Waals surface area contributed by atoms with Crippen LogP contribution in [0, 0.1) is 13.8 Å². The molecule has 25 heavy (non-hydrogen) atoms. The Morgan fingerprint density at radius 1 is 1.28 bits per heavy atom. The summed E-state index contributed by atoms with van der Waals surface area (Å²) in [5.41, 5.74) is 3.61. The van der Waals surface area contributed by atoms with Crippen molar-refractivity contribution in [1.82, 2.24) is 14.9 Å². The number of furan rings is 1. The van der Waals surface area contributed by atoms with Gasteiger partial charge in [0.15, 0.2) is 0 Å². The molecule has 3 aromatic rings. The highest BCUT2D eigenvalue weighted by Crippen LogP contribution is 2.27. The molecule has 0 aliphatic rings. The van der Waals surface area contributed by atoms with Gasteiger partial charge in [0, 0.05) is 30.6 Å². The zero-order valence-electron chi connectivity index (χ0n) is 15.1. The molecule has 0 radical (unpaired) electrons. The Bertz CT molecular complexity index is 876. The van der Waals surface area contributed by atoms with Crippen molar-refractivity contribution in [2.45, 2.75) is 46.6 Å². The molecule has 0 bridgehead atoms. The minimum absolute atomic E-state index is 0.0643. The zero-order valence-corrected chi connectivity index (χ0v) is 15.1. The van der Waals surface area contributed by atoms with Crippen LogP contribution in [0.2, 0.25) is 0 Å². The summed E-state index contributed by atoms with van der Waals surface area (Å²) in [4.78, 5) is 17.1. The summed E-state index contributed by atoms with van der Waals surface area (Å²) in [6.45, 7) is 7.43. The average molecular weight is 339 g/mol. The normalized spacial score (nSPS) is 11.2. The van der Waals surface area contributed by atoms with Gasteiger partial charge in [0.05, 0.1) is 17.6 Å². The maximum Gasteiger partial charge on any atom is 0.255 e. The Morgan fingerprint density at radius 2 is 2.08 bits per heavy atom. The number of rotatable bonds is 7. The van der Waals surface area contributed by atoms with Crippen LogP contribution < -0.4 is 5.32 Å². The maximum absolute atomic E-state index is 12.8. The molecule has 3 rings (SSSR count). The third-order valence-corrected chi connectivity index (χ3v) is 4.64. The van der Waals surface area contributed by atoms with E-state index in [1.165, 1.54) is 0 Å². The molecular weight excluding hydrogens is 314 g/mol. The highest BCUT2D eigenvalue weighted by atomic mass is 16.3. The molecule has 0 spiro atoms. The first-order valence-electron chi connectivity index (χ1n) is 8.88. The number of amides is 1. The third-order valence-electron chi connectivity index (χ3n) is 4.64. The molecule has 2 aromatic heterocycles. The second-order valence-corrected chi connectivity index (χ2v) is 6.36. The maximum atomic E-state index is 12.8. The van der Waals surface area contributed by atoms with E-state index >= 15 is 0 Å². The Labute approximate surface area is 148 Å². The minimum Gasteiger partial charge on any atom is -0.460 e. The SMILES string of the molecule is CCCCc1oc2ccccc2c1C(=O)NCCn1cnc(C)c1C. The average Bonchev–Trinajstić information content (AvgIpc) is 3.14. The highest BCUT2D eigenvalue weighted by Gasteiger charge is 2.19. The van der Waals surface area contributed by atoms with Crippen molar-refractivity contribution < 1.29 is 9.21 Å². The fraction of sp³-hybridized carbons (Fsp3) is 0.400. The molecule has 0 unspecified atom stereocenters. The molecule has 0 saturated heterocycles. The number of imidazole rings is 1. The molecule has 0 aliphatic carbocycles. The number of hydrogen-bond acceptors (Lipinski definition) is 3. The van der Waals surface area contributed by atoms with Gasteiger partial charge in [-0.15, -0.1) is 0 Å². The lowest BCUT2D eigenvalue weighted by atomic mass is 10.1. The largest absolute Gasteiger partial charge is 0.460 e. The second-order valence-electron chi connectivity index (χ2n) is 6.36. The predicted molar refractivity (Wildman–Crippen MR) is 98.9 cm³/mol. The van der Waals surface area contributed by atoms with E-state index in [2.05, 4.69) is 21.8 Å². The number of aromatic nitrogens is 2. The number of hydrogen-bond donors (Lipinski definition) is 1. The topological polar surface area (TPSA) is 60.1 Å². The van der Waals surface area contributed by atoms with E-state index in [0.717, 1.165) is 47.4 Å². The fourth-order valence-electron chi connectivity index (χ4n) is 3.01. The molecule has 5 nitrogen and oxygen atoms in total. The van der Waals surface area contributed by atoms with Crippen LogP contribution in [0.4, 0.5) is 0 Å².